The van der Waals surface area contributed by atoms with Crippen LogP contribution in [-0.4, -0.2) is 21.0 Å². The van der Waals surface area contributed by atoms with Crippen LogP contribution in [0.5, 0.6) is 5.75 Å². The van der Waals surface area contributed by atoms with Crippen molar-refractivity contribution in [2.75, 3.05) is 0 Å². The summed E-state index contributed by atoms with van der Waals surface area (Å²) in [5, 5.41) is 8.06. The Balaban J connectivity index is 1.90. The largest absolute Gasteiger partial charge is 0.421 e. The van der Waals surface area contributed by atoms with Crippen molar-refractivity contribution in [3.05, 3.63) is 71.0 Å². The molecule has 0 aliphatic carbocycles. The predicted octanol–water partition coefficient (Wildman–Crippen LogP) is 3.41. The van der Waals surface area contributed by atoms with Gasteiger partial charge in [0.1, 0.15) is 5.75 Å². The van der Waals surface area contributed by atoms with Gasteiger partial charge in [0.15, 0.2) is 5.69 Å². The highest BCUT2D eigenvalue weighted by molar-refractivity contribution is 5.90. The van der Waals surface area contributed by atoms with Gasteiger partial charge in [-0.15, -0.1) is 5.10 Å². The summed E-state index contributed by atoms with van der Waals surface area (Å²) in [6, 6.07) is 15.2. The van der Waals surface area contributed by atoms with Gasteiger partial charge in [0.2, 0.25) is 0 Å². The van der Waals surface area contributed by atoms with E-state index in [1.165, 1.54) is 0 Å². The SMILES string of the molecule is Cc1cccc(-n2nnc(C(=O)Oc3ccccc3C)c2C)c1. The van der Waals surface area contributed by atoms with Crippen LogP contribution in [0, 0.1) is 20.8 Å². The van der Waals surface area contributed by atoms with Gasteiger partial charge < -0.3 is 4.74 Å². The smallest absolute Gasteiger partial charge is 0.366 e. The molecule has 0 spiro atoms. The minimum absolute atomic E-state index is 0.217. The van der Waals surface area contributed by atoms with Gasteiger partial charge in [-0.05, 0) is 50.1 Å². The third-order valence-electron chi connectivity index (χ3n) is 3.63. The molecule has 1 heterocycles. The lowest BCUT2D eigenvalue weighted by atomic mass is 10.2. The first-order chi connectivity index (χ1) is 11.1. The number of aromatic nitrogens is 3. The maximum atomic E-state index is 12.4. The Labute approximate surface area is 134 Å². The lowest BCUT2D eigenvalue weighted by Gasteiger charge is -2.06. The first kappa shape index (κ1) is 15.0. The standard InChI is InChI=1S/C18H17N3O2/c1-12-7-6-9-15(11-12)21-14(3)17(19-20-21)18(22)23-16-10-5-4-8-13(16)2/h4-11H,1-3H3. The van der Waals surface area contributed by atoms with E-state index in [0.717, 1.165) is 16.8 Å². The molecule has 116 valence electrons. The fourth-order valence-corrected chi connectivity index (χ4v) is 2.34. The Morgan fingerprint density at radius 1 is 1.04 bits per heavy atom. The number of nitrogens with zero attached hydrogens (tertiary/aromatic N) is 3. The molecule has 0 bridgehead atoms. The second-order valence-electron chi connectivity index (χ2n) is 5.43. The number of para-hydroxylation sites is 1. The van der Waals surface area contributed by atoms with Gasteiger partial charge in [0, 0.05) is 0 Å². The van der Waals surface area contributed by atoms with E-state index in [1.807, 2.05) is 56.3 Å². The van der Waals surface area contributed by atoms with Crippen LogP contribution in [0.25, 0.3) is 5.69 Å². The molecule has 0 unspecified atom stereocenters. The number of ether oxygens (including phenoxy) is 1. The van der Waals surface area contributed by atoms with Crippen molar-refractivity contribution in [3.63, 3.8) is 0 Å². The molecule has 0 amide bonds. The Morgan fingerprint density at radius 3 is 2.57 bits per heavy atom. The minimum atomic E-state index is -0.504. The van der Waals surface area contributed by atoms with Crippen LogP contribution in [-0.2, 0) is 0 Å². The summed E-state index contributed by atoms with van der Waals surface area (Å²) in [6.45, 7) is 5.69. The first-order valence-electron chi connectivity index (χ1n) is 7.33. The Hall–Kier alpha value is -2.95. The van der Waals surface area contributed by atoms with Crippen molar-refractivity contribution in [3.8, 4) is 11.4 Å². The Morgan fingerprint density at radius 2 is 1.83 bits per heavy atom. The Bertz CT molecular complexity index is 868. The summed E-state index contributed by atoms with van der Waals surface area (Å²) in [7, 11) is 0. The molecule has 3 aromatic rings. The van der Waals surface area contributed by atoms with E-state index in [0.29, 0.717) is 11.4 Å². The third kappa shape index (κ3) is 2.99. The Kier molecular flexibility index (Phi) is 3.93. The van der Waals surface area contributed by atoms with Gasteiger partial charge in [-0.2, -0.15) is 0 Å². The number of esters is 1. The first-order valence-corrected chi connectivity index (χ1v) is 7.33. The van der Waals surface area contributed by atoms with Gasteiger partial charge in [-0.1, -0.05) is 35.5 Å². The molecule has 2 aromatic carbocycles. The minimum Gasteiger partial charge on any atom is -0.421 e. The van der Waals surface area contributed by atoms with Gasteiger partial charge in [0.05, 0.1) is 11.4 Å². The van der Waals surface area contributed by atoms with Crippen molar-refractivity contribution >= 4 is 5.97 Å². The van der Waals surface area contributed by atoms with E-state index in [-0.39, 0.29) is 5.69 Å². The monoisotopic (exact) mass is 307 g/mol. The number of rotatable bonds is 3. The zero-order valence-electron chi connectivity index (χ0n) is 13.3. The molecule has 0 aliphatic heterocycles. The van der Waals surface area contributed by atoms with Crippen LogP contribution in [0.1, 0.15) is 27.3 Å². The van der Waals surface area contributed by atoms with Crippen LogP contribution in [0.4, 0.5) is 0 Å². The molecular formula is C18H17N3O2. The molecule has 23 heavy (non-hydrogen) atoms. The van der Waals surface area contributed by atoms with E-state index in [1.54, 1.807) is 17.7 Å². The highest BCUT2D eigenvalue weighted by Crippen LogP contribution is 2.19. The third-order valence-corrected chi connectivity index (χ3v) is 3.63. The molecule has 0 atom stereocenters. The topological polar surface area (TPSA) is 57.0 Å². The maximum Gasteiger partial charge on any atom is 0.366 e. The second-order valence-corrected chi connectivity index (χ2v) is 5.43. The van der Waals surface area contributed by atoms with Crippen molar-refractivity contribution < 1.29 is 9.53 Å². The number of hydrogen-bond donors (Lipinski definition) is 0. The average molecular weight is 307 g/mol. The number of carbonyl (C=O) groups is 1. The van der Waals surface area contributed by atoms with Crippen LogP contribution < -0.4 is 4.74 Å². The highest BCUT2D eigenvalue weighted by atomic mass is 16.5. The van der Waals surface area contributed by atoms with E-state index >= 15 is 0 Å². The van der Waals surface area contributed by atoms with E-state index in [2.05, 4.69) is 10.3 Å². The molecular weight excluding hydrogens is 290 g/mol. The number of benzene rings is 2. The molecule has 5 heteroatoms. The predicted molar refractivity (Wildman–Crippen MR) is 87.0 cm³/mol. The number of carbonyl (C=O) groups excluding carboxylic acids is 1. The molecule has 0 saturated carbocycles. The lowest BCUT2D eigenvalue weighted by Crippen LogP contribution is -2.12. The molecule has 1 aromatic heterocycles. The zero-order chi connectivity index (χ0) is 16.4. The molecule has 0 N–H and O–H groups in total. The molecule has 0 radical (unpaired) electrons. The summed E-state index contributed by atoms with van der Waals surface area (Å²) >= 11 is 0. The van der Waals surface area contributed by atoms with Crippen molar-refractivity contribution in [2.45, 2.75) is 20.8 Å². The molecule has 0 fully saturated rings. The van der Waals surface area contributed by atoms with Gasteiger partial charge in [0.25, 0.3) is 0 Å². The molecule has 0 aliphatic rings. The summed E-state index contributed by atoms with van der Waals surface area (Å²) in [5.74, 6) is 0.0257. The van der Waals surface area contributed by atoms with E-state index < -0.39 is 5.97 Å². The average Bonchev–Trinajstić information content (AvgIpc) is 2.91. The van der Waals surface area contributed by atoms with Gasteiger partial charge in [-0.25, -0.2) is 9.48 Å². The van der Waals surface area contributed by atoms with E-state index in [9.17, 15) is 4.79 Å². The van der Waals surface area contributed by atoms with Crippen LogP contribution in [0.15, 0.2) is 48.5 Å². The fourth-order valence-electron chi connectivity index (χ4n) is 2.34. The maximum absolute atomic E-state index is 12.4. The normalized spacial score (nSPS) is 10.6. The summed E-state index contributed by atoms with van der Waals surface area (Å²) in [6.07, 6.45) is 0. The lowest BCUT2D eigenvalue weighted by molar-refractivity contribution is 0.0726. The van der Waals surface area contributed by atoms with Crippen molar-refractivity contribution in [1.29, 1.82) is 0 Å². The van der Waals surface area contributed by atoms with Crippen molar-refractivity contribution in [2.24, 2.45) is 0 Å². The van der Waals surface area contributed by atoms with Crippen LogP contribution >= 0.6 is 0 Å². The second kappa shape index (κ2) is 6.04. The van der Waals surface area contributed by atoms with Crippen LogP contribution in [0.2, 0.25) is 0 Å². The highest BCUT2D eigenvalue weighted by Gasteiger charge is 2.20. The zero-order valence-corrected chi connectivity index (χ0v) is 13.3. The molecule has 5 nitrogen and oxygen atoms in total. The summed E-state index contributed by atoms with van der Waals surface area (Å²) in [4.78, 5) is 12.4. The number of aryl methyl sites for hydroxylation is 2. The summed E-state index contributed by atoms with van der Waals surface area (Å²) < 4.78 is 7.07. The molecule has 0 saturated heterocycles. The van der Waals surface area contributed by atoms with Crippen LogP contribution in [0.3, 0.4) is 0 Å². The van der Waals surface area contributed by atoms with Gasteiger partial charge >= 0.3 is 5.97 Å². The summed E-state index contributed by atoms with van der Waals surface area (Å²) in [5.41, 5.74) is 3.74. The van der Waals surface area contributed by atoms with Crippen molar-refractivity contribution in [1.82, 2.24) is 15.0 Å². The molecule has 3 rings (SSSR count). The van der Waals surface area contributed by atoms with Gasteiger partial charge in [-0.3, -0.25) is 0 Å². The fraction of sp³-hybridized carbons (Fsp3) is 0.167. The number of hydrogen-bond acceptors (Lipinski definition) is 4. The quantitative estimate of drug-likeness (QED) is 0.549. The van der Waals surface area contributed by atoms with E-state index in [4.69, 9.17) is 4.74 Å².